The highest BCUT2D eigenvalue weighted by Gasteiger charge is 2.21. The zero-order valence-electron chi connectivity index (χ0n) is 12.3. The number of hydrogen-bond acceptors (Lipinski definition) is 3. The van der Waals surface area contributed by atoms with Crippen LogP contribution in [0.5, 0.6) is 0 Å². The van der Waals surface area contributed by atoms with Crippen LogP contribution in [0.3, 0.4) is 0 Å². The molecule has 1 atom stereocenters. The van der Waals surface area contributed by atoms with Crippen LogP contribution in [-0.2, 0) is 0 Å². The van der Waals surface area contributed by atoms with Gasteiger partial charge in [0.05, 0.1) is 0 Å². The quantitative estimate of drug-likeness (QED) is 0.771. The summed E-state index contributed by atoms with van der Waals surface area (Å²) in [6, 6.07) is 8.25. The molecular weight excluding hydrogens is 316 g/mol. The van der Waals surface area contributed by atoms with Gasteiger partial charge >= 0.3 is 0 Å². The van der Waals surface area contributed by atoms with E-state index in [1.165, 1.54) is 19.4 Å². The monoisotopic (exact) mass is 338 g/mol. The smallest absolute Gasteiger partial charge is 0.165 e. The number of piperidine rings is 1. The van der Waals surface area contributed by atoms with Crippen molar-refractivity contribution in [1.29, 1.82) is 0 Å². The number of rotatable bonds is 5. The van der Waals surface area contributed by atoms with Gasteiger partial charge in [-0.1, -0.05) is 34.1 Å². The Morgan fingerprint density at radius 3 is 2.90 bits per heavy atom. The number of halogens is 1. The van der Waals surface area contributed by atoms with E-state index >= 15 is 0 Å². The number of benzene rings is 1. The van der Waals surface area contributed by atoms with Gasteiger partial charge in [-0.25, -0.2) is 0 Å². The van der Waals surface area contributed by atoms with Crippen LogP contribution in [0, 0.1) is 0 Å². The van der Waals surface area contributed by atoms with Gasteiger partial charge in [-0.05, 0) is 39.5 Å². The highest BCUT2D eigenvalue weighted by Crippen LogP contribution is 2.18. The van der Waals surface area contributed by atoms with E-state index < -0.39 is 0 Å². The van der Waals surface area contributed by atoms with Gasteiger partial charge in [0.2, 0.25) is 0 Å². The van der Waals surface area contributed by atoms with Crippen molar-refractivity contribution in [2.45, 2.75) is 25.3 Å². The predicted molar refractivity (Wildman–Crippen MR) is 86.2 cm³/mol. The lowest BCUT2D eigenvalue weighted by Crippen LogP contribution is -2.45. The molecule has 0 N–H and O–H groups in total. The number of ketones is 1. The van der Waals surface area contributed by atoms with Crippen molar-refractivity contribution in [2.24, 2.45) is 0 Å². The van der Waals surface area contributed by atoms with Crippen molar-refractivity contribution in [3.8, 4) is 0 Å². The molecule has 3 nitrogen and oxygen atoms in total. The topological polar surface area (TPSA) is 23.6 Å². The summed E-state index contributed by atoms with van der Waals surface area (Å²) in [6.45, 7) is 3.14. The summed E-state index contributed by atoms with van der Waals surface area (Å²) in [6.07, 6.45) is 3.08. The fourth-order valence-corrected chi connectivity index (χ4v) is 3.29. The first-order valence-electron chi connectivity index (χ1n) is 7.24. The fourth-order valence-electron chi connectivity index (χ4n) is 2.78. The summed E-state index contributed by atoms with van der Waals surface area (Å²) in [7, 11) is 4.31. The van der Waals surface area contributed by atoms with E-state index in [9.17, 15) is 4.79 Å². The minimum atomic E-state index is 0.216. The molecule has 0 aliphatic carbocycles. The van der Waals surface area contributed by atoms with Gasteiger partial charge in [0.1, 0.15) is 0 Å². The second kappa shape index (κ2) is 7.34. The molecule has 0 amide bonds. The van der Waals surface area contributed by atoms with Crippen LogP contribution in [0.25, 0.3) is 0 Å². The van der Waals surface area contributed by atoms with Gasteiger partial charge in [-0.2, -0.15) is 0 Å². The van der Waals surface area contributed by atoms with Crippen LogP contribution >= 0.6 is 15.9 Å². The molecule has 20 heavy (non-hydrogen) atoms. The van der Waals surface area contributed by atoms with Gasteiger partial charge in [-0.3, -0.25) is 4.79 Å². The number of likely N-dealkylation sites (tertiary alicyclic amines) is 1. The van der Waals surface area contributed by atoms with E-state index in [0.29, 0.717) is 12.5 Å². The largest absolute Gasteiger partial charge is 0.305 e. The fraction of sp³-hybridized carbons (Fsp3) is 0.562. The van der Waals surface area contributed by atoms with Crippen molar-refractivity contribution >= 4 is 21.7 Å². The Bertz CT molecular complexity index is 464. The maximum Gasteiger partial charge on any atom is 0.165 e. The van der Waals surface area contributed by atoms with E-state index in [2.05, 4.69) is 39.8 Å². The molecule has 0 aromatic heterocycles. The summed E-state index contributed by atoms with van der Waals surface area (Å²) in [5.74, 6) is 0.216. The lowest BCUT2D eigenvalue weighted by Gasteiger charge is -2.35. The second-order valence-corrected chi connectivity index (χ2v) is 6.55. The Hall–Kier alpha value is -0.710. The average molecular weight is 339 g/mol. The van der Waals surface area contributed by atoms with E-state index in [4.69, 9.17) is 0 Å². The Kier molecular flexibility index (Phi) is 5.75. The standard InChI is InChI=1S/C16H23BrN2O/c1-18-10-5-6-13(12-18)19(2)11-9-16(20)14-7-3-4-8-15(14)17/h3-4,7-8,13H,5-6,9-12H2,1-2H3. The molecule has 1 unspecified atom stereocenters. The Balaban J connectivity index is 1.85. The molecule has 0 saturated carbocycles. The Morgan fingerprint density at radius 2 is 2.20 bits per heavy atom. The summed E-state index contributed by atoms with van der Waals surface area (Å²) >= 11 is 3.45. The summed E-state index contributed by atoms with van der Waals surface area (Å²) in [5.41, 5.74) is 0.793. The first-order valence-corrected chi connectivity index (χ1v) is 8.03. The predicted octanol–water partition coefficient (Wildman–Crippen LogP) is 3.05. The molecular formula is C16H23BrN2O. The summed E-state index contributed by atoms with van der Waals surface area (Å²) in [4.78, 5) is 17.0. The normalized spacial score (nSPS) is 20.3. The number of carbonyl (C=O) groups excluding carboxylic acids is 1. The number of nitrogens with zero attached hydrogens (tertiary/aromatic N) is 2. The molecule has 1 aromatic rings. The van der Waals surface area contributed by atoms with Crippen LogP contribution in [0.2, 0.25) is 0 Å². The Morgan fingerprint density at radius 1 is 1.45 bits per heavy atom. The van der Waals surface area contributed by atoms with Gasteiger partial charge in [0, 0.05) is 35.6 Å². The van der Waals surface area contributed by atoms with Crippen LogP contribution in [0.15, 0.2) is 28.7 Å². The summed E-state index contributed by atoms with van der Waals surface area (Å²) in [5, 5.41) is 0. The third-order valence-corrected chi connectivity index (χ3v) is 4.78. The zero-order chi connectivity index (χ0) is 14.5. The molecule has 1 aliphatic rings. The van der Waals surface area contributed by atoms with Gasteiger partial charge in [-0.15, -0.1) is 0 Å². The average Bonchev–Trinajstić information content (AvgIpc) is 2.45. The SMILES string of the molecule is CN1CCCC(N(C)CCC(=O)c2ccccc2Br)C1. The molecule has 1 aliphatic heterocycles. The maximum absolute atomic E-state index is 12.2. The van der Waals surface area contributed by atoms with Gasteiger partial charge < -0.3 is 9.80 Å². The first kappa shape index (κ1) is 15.7. The maximum atomic E-state index is 12.2. The molecule has 0 spiro atoms. The molecule has 0 bridgehead atoms. The molecule has 1 heterocycles. The Labute approximate surface area is 130 Å². The third kappa shape index (κ3) is 4.14. The lowest BCUT2D eigenvalue weighted by molar-refractivity contribution is 0.0931. The first-order chi connectivity index (χ1) is 9.58. The van der Waals surface area contributed by atoms with Gasteiger partial charge in [0.25, 0.3) is 0 Å². The van der Waals surface area contributed by atoms with E-state index in [1.54, 1.807) is 0 Å². The highest BCUT2D eigenvalue weighted by molar-refractivity contribution is 9.10. The van der Waals surface area contributed by atoms with Crippen molar-refractivity contribution in [3.05, 3.63) is 34.3 Å². The van der Waals surface area contributed by atoms with E-state index in [0.717, 1.165) is 23.1 Å². The third-order valence-electron chi connectivity index (χ3n) is 4.09. The number of hydrogen-bond donors (Lipinski definition) is 0. The van der Waals surface area contributed by atoms with Crippen LogP contribution in [0.4, 0.5) is 0 Å². The van der Waals surface area contributed by atoms with Crippen molar-refractivity contribution in [3.63, 3.8) is 0 Å². The van der Waals surface area contributed by atoms with Crippen LogP contribution < -0.4 is 0 Å². The number of likely N-dealkylation sites (N-methyl/N-ethyl adjacent to an activating group) is 2. The molecule has 0 radical (unpaired) electrons. The molecule has 1 aromatic carbocycles. The van der Waals surface area contributed by atoms with Crippen LogP contribution in [0.1, 0.15) is 29.6 Å². The second-order valence-electron chi connectivity index (χ2n) is 5.69. The van der Waals surface area contributed by atoms with E-state index in [1.807, 2.05) is 24.3 Å². The molecule has 1 fully saturated rings. The highest BCUT2D eigenvalue weighted by atomic mass is 79.9. The van der Waals surface area contributed by atoms with Gasteiger partial charge in [0.15, 0.2) is 5.78 Å². The molecule has 110 valence electrons. The van der Waals surface area contributed by atoms with Crippen LogP contribution in [-0.4, -0.2) is 55.4 Å². The minimum absolute atomic E-state index is 0.216. The van der Waals surface area contributed by atoms with Crippen molar-refractivity contribution in [2.75, 3.05) is 33.7 Å². The van der Waals surface area contributed by atoms with Crippen molar-refractivity contribution in [1.82, 2.24) is 9.80 Å². The summed E-state index contributed by atoms with van der Waals surface area (Å²) < 4.78 is 0.894. The zero-order valence-corrected chi connectivity index (χ0v) is 13.9. The van der Waals surface area contributed by atoms with Crippen molar-refractivity contribution < 1.29 is 4.79 Å². The minimum Gasteiger partial charge on any atom is -0.305 e. The molecule has 4 heteroatoms. The molecule has 2 rings (SSSR count). The number of Topliss-reactive ketones (excluding diaryl/α,β-unsaturated/α-hetero) is 1. The lowest BCUT2D eigenvalue weighted by atomic mass is 10.0. The van der Waals surface area contributed by atoms with E-state index in [-0.39, 0.29) is 5.78 Å². The molecule has 1 saturated heterocycles. The number of carbonyl (C=O) groups is 1.